The molecule has 0 aliphatic carbocycles. The van der Waals surface area contributed by atoms with Gasteiger partial charge in [0.25, 0.3) is 5.91 Å². The van der Waals surface area contributed by atoms with Gasteiger partial charge in [0.2, 0.25) is 0 Å². The molecule has 3 N–H and O–H groups in total. The summed E-state index contributed by atoms with van der Waals surface area (Å²) >= 11 is 0. The summed E-state index contributed by atoms with van der Waals surface area (Å²) in [5.74, 6) is 0.355. The molecule has 0 aliphatic heterocycles. The zero-order valence-corrected chi connectivity index (χ0v) is 12.8. The predicted molar refractivity (Wildman–Crippen MR) is 82.1 cm³/mol. The number of nitrogens with two attached hydrogens (primary N) is 1. The van der Waals surface area contributed by atoms with Crippen LogP contribution in [0.3, 0.4) is 0 Å². The van der Waals surface area contributed by atoms with E-state index >= 15 is 0 Å². The highest BCUT2D eigenvalue weighted by molar-refractivity contribution is 6.00. The van der Waals surface area contributed by atoms with E-state index < -0.39 is 0 Å². The average Bonchev–Trinajstić information content (AvgIpc) is 2.46. The largest absolute Gasteiger partial charge is 0.495 e. The minimum Gasteiger partial charge on any atom is -0.495 e. The van der Waals surface area contributed by atoms with Crippen molar-refractivity contribution in [3.05, 3.63) is 23.8 Å². The second-order valence-electron chi connectivity index (χ2n) is 4.92. The molecule has 0 bridgehead atoms. The summed E-state index contributed by atoms with van der Waals surface area (Å²) < 4.78 is 5.11. The molecule has 0 aromatic heterocycles. The lowest BCUT2D eigenvalue weighted by Gasteiger charge is -2.23. The first-order valence-electron chi connectivity index (χ1n) is 6.92. The van der Waals surface area contributed by atoms with Gasteiger partial charge in [0.1, 0.15) is 5.75 Å². The third kappa shape index (κ3) is 4.13. The highest BCUT2D eigenvalue weighted by Crippen LogP contribution is 2.24. The van der Waals surface area contributed by atoms with Crippen LogP contribution >= 0.6 is 0 Å². The van der Waals surface area contributed by atoms with Crippen LogP contribution in [0.25, 0.3) is 0 Å². The molecule has 5 heteroatoms. The normalized spacial score (nSPS) is 12.2. The molecule has 0 aliphatic rings. The van der Waals surface area contributed by atoms with E-state index in [1.165, 1.54) is 7.11 Å². The molecule has 1 rings (SSSR count). The molecule has 1 aromatic rings. The van der Waals surface area contributed by atoms with Crippen LogP contribution < -0.4 is 15.8 Å². The molecular weight excluding hydrogens is 254 g/mol. The number of nitrogens with zero attached hydrogens (tertiary/aromatic N) is 1. The van der Waals surface area contributed by atoms with E-state index in [2.05, 4.69) is 31.1 Å². The van der Waals surface area contributed by atoms with E-state index in [-0.39, 0.29) is 5.91 Å². The number of amides is 1. The van der Waals surface area contributed by atoms with Crippen LogP contribution in [-0.2, 0) is 0 Å². The lowest BCUT2D eigenvalue weighted by atomic mass is 10.1. The van der Waals surface area contributed by atoms with Gasteiger partial charge in [0.05, 0.1) is 18.4 Å². The topological polar surface area (TPSA) is 67.6 Å². The van der Waals surface area contributed by atoms with Gasteiger partial charge >= 0.3 is 0 Å². The fourth-order valence-corrected chi connectivity index (χ4v) is 1.89. The first kappa shape index (κ1) is 16.3. The number of hydrogen-bond donors (Lipinski definition) is 2. The van der Waals surface area contributed by atoms with Crippen molar-refractivity contribution >= 4 is 11.6 Å². The lowest BCUT2D eigenvalue weighted by Crippen LogP contribution is -2.37. The van der Waals surface area contributed by atoms with E-state index in [1.54, 1.807) is 18.2 Å². The van der Waals surface area contributed by atoms with Crippen molar-refractivity contribution in [1.29, 1.82) is 0 Å². The number of carbonyl (C=O) groups is 1. The average molecular weight is 279 g/mol. The van der Waals surface area contributed by atoms with Crippen molar-refractivity contribution in [1.82, 2.24) is 10.2 Å². The summed E-state index contributed by atoms with van der Waals surface area (Å²) in [6, 6.07) is 5.71. The van der Waals surface area contributed by atoms with E-state index in [0.717, 1.165) is 13.0 Å². The van der Waals surface area contributed by atoms with Gasteiger partial charge in [-0.25, -0.2) is 0 Å². The number of nitrogens with one attached hydrogen (secondary N) is 1. The number of likely N-dealkylation sites (N-methyl/N-ethyl adjacent to an activating group) is 1. The van der Waals surface area contributed by atoms with Crippen LogP contribution in [0, 0.1) is 0 Å². The number of carbonyl (C=O) groups excluding carboxylic acids is 1. The second kappa shape index (κ2) is 7.75. The van der Waals surface area contributed by atoms with Crippen molar-refractivity contribution < 1.29 is 9.53 Å². The van der Waals surface area contributed by atoms with Crippen LogP contribution in [0.1, 0.15) is 30.6 Å². The molecule has 0 saturated heterocycles. The number of para-hydroxylation sites is 1. The third-order valence-corrected chi connectivity index (χ3v) is 3.62. The monoisotopic (exact) mass is 279 g/mol. The second-order valence-corrected chi connectivity index (χ2v) is 4.92. The van der Waals surface area contributed by atoms with Crippen LogP contribution in [0.15, 0.2) is 18.2 Å². The molecule has 112 valence electrons. The molecule has 20 heavy (non-hydrogen) atoms. The summed E-state index contributed by atoms with van der Waals surface area (Å²) in [4.78, 5) is 14.3. The van der Waals surface area contributed by atoms with E-state index in [9.17, 15) is 4.79 Å². The van der Waals surface area contributed by atoms with Crippen LogP contribution in [-0.4, -0.2) is 44.1 Å². The fourth-order valence-electron chi connectivity index (χ4n) is 1.89. The highest BCUT2D eigenvalue weighted by Gasteiger charge is 2.13. The Labute approximate surface area is 121 Å². The first-order valence-corrected chi connectivity index (χ1v) is 6.92. The van der Waals surface area contributed by atoms with Gasteiger partial charge < -0.3 is 20.7 Å². The molecule has 1 aromatic carbocycles. The molecule has 5 nitrogen and oxygen atoms in total. The van der Waals surface area contributed by atoms with Crippen molar-refractivity contribution in [3.63, 3.8) is 0 Å². The Bertz CT molecular complexity index is 449. The Hall–Kier alpha value is -1.75. The smallest absolute Gasteiger partial charge is 0.253 e. The molecule has 0 spiro atoms. The number of methoxy groups -OCH3 is 1. The van der Waals surface area contributed by atoms with E-state index in [0.29, 0.717) is 29.6 Å². The lowest BCUT2D eigenvalue weighted by molar-refractivity contribution is 0.0948. The standard InChI is InChI=1S/C15H25N3O2/c1-5-11(2)18(3)10-9-17-15(19)12-7-6-8-13(20-4)14(12)16/h6-8,11H,5,9-10,16H2,1-4H3,(H,17,19). The molecule has 1 unspecified atom stereocenters. The van der Waals surface area contributed by atoms with Gasteiger partial charge in [0, 0.05) is 19.1 Å². The van der Waals surface area contributed by atoms with Crippen molar-refractivity contribution in [2.45, 2.75) is 26.3 Å². The first-order chi connectivity index (χ1) is 9.51. The Morgan fingerprint density at radius 2 is 2.20 bits per heavy atom. The number of anilines is 1. The van der Waals surface area contributed by atoms with Crippen LogP contribution in [0.5, 0.6) is 5.75 Å². The molecule has 0 fully saturated rings. The summed E-state index contributed by atoms with van der Waals surface area (Å²) in [5, 5.41) is 2.88. The maximum atomic E-state index is 12.1. The maximum absolute atomic E-state index is 12.1. The molecular formula is C15H25N3O2. The molecule has 0 saturated carbocycles. The quantitative estimate of drug-likeness (QED) is 0.746. The fraction of sp³-hybridized carbons (Fsp3) is 0.533. The Morgan fingerprint density at radius 3 is 2.80 bits per heavy atom. The summed E-state index contributed by atoms with van der Waals surface area (Å²) in [5.41, 5.74) is 6.73. The van der Waals surface area contributed by atoms with Crippen molar-refractivity contribution in [3.8, 4) is 5.75 Å². The number of hydrogen-bond acceptors (Lipinski definition) is 4. The van der Waals surface area contributed by atoms with Gasteiger partial charge in [-0.05, 0) is 32.5 Å². The summed E-state index contributed by atoms with van der Waals surface area (Å²) in [6.45, 7) is 5.72. The Balaban J connectivity index is 2.56. The van der Waals surface area contributed by atoms with E-state index in [1.807, 2.05) is 0 Å². The summed E-state index contributed by atoms with van der Waals surface area (Å²) in [6.07, 6.45) is 1.09. The van der Waals surface area contributed by atoms with Gasteiger partial charge in [-0.3, -0.25) is 4.79 Å². The summed E-state index contributed by atoms with van der Waals surface area (Å²) in [7, 11) is 3.59. The molecule has 1 amide bonds. The Kier molecular flexibility index (Phi) is 6.31. The number of rotatable bonds is 7. The van der Waals surface area contributed by atoms with Gasteiger partial charge in [-0.2, -0.15) is 0 Å². The predicted octanol–water partition coefficient (Wildman–Crippen LogP) is 1.74. The molecule has 1 atom stereocenters. The van der Waals surface area contributed by atoms with E-state index in [4.69, 9.17) is 10.5 Å². The highest BCUT2D eigenvalue weighted by atomic mass is 16.5. The third-order valence-electron chi connectivity index (χ3n) is 3.62. The SMILES string of the molecule is CCC(C)N(C)CCNC(=O)c1cccc(OC)c1N. The maximum Gasteiger partial charge on any atom is 0.253 e. The molecule has 0 radical (unpaired) electrons. The zero-order chi connectivity index (χ0) is 15.1. The van der Waals surface area contributed by atoms with Crippen molar-refractivity contribution in [2.24, 2.45) is 0 Å². The minimum absolute atomic E-state index is 0.168. The molecule has 0 heterocycles. The van der Waals surface area contributed by atoms with Crippen LogP contribution in [0.4, 0.5) is 5.69 Å². The van der Waals surface area contributed by atoms with Crippen LogP contribution in [0.2, 0.25) is 0 Å². The van der Waals surface area contributed by atoms with Gasteiger partial charge in [0.15, 0.2) is 0 Å². The van der Waals surface area contributed by atoms with Gasteiger partial charge in [-0.15, -0.1) is 0 Å². The minimum atomic E-state index is -0.168. The van der Waals surface area contributed by atoms with Gasteiger partial charge in [-0.1, -0.05) is 13.0 Å². The Morgan fingerprint density at radius 1 is 1.50 bits per heavy atom. The zero-order valence-electron chi connectivity index (χ0n) is 12.8. The number of benzene rings is 1. The van der Waals surface area contributed by atoms with Crippen molar-refractivity contribution in [2.75, 3.05) is 33.0 Å². The number of nitrogen functional groups attached to an aromatic ring is 1. The number of ether oxygens (including phenoxy) is 1.